The Labute approximate surface area is 190 Å². The highest BCUT2D eigenvalue weighted by molar-refractivity contribution is 5.94. The van der Waals surface area contributed by atoms with Crippen molar-refractivity contribution in [2.75, 3.05) is 19.8 Å². The molecule has 2 unspecified atom stereocenters. The zero-order valence-electron chi connectivity index (χ0n) is 17.9. The predicted molar refractivity (Wildman–Crippen MR) is 115 cm³/mol. The normalized spacial score (nSPS) is 16.0. The van der Waals surface area contributed by atoms with Crippen LogP contribution in [0.1, 0.15) is 30.0 Å². The first-order valence-electron chi connectivity index (χ1n) is 10.5. The largest absolute Gasteiger partial charge is 0.445 e. The average molecular weight is 456 g/mol. The van der Waals surface area contributed by atoms with Gasteiger partial charge in [0.1, 0.15) is 25.4 Å². The third-order valence-corrected chi connectivity index (χ3v) is 5.19. The standard InChI is InChI=1S/C23H25FN4O5/c24-12-18(29)14-26-21(30)19-9-5-11-28(19)22(31)20(17-8-4-10-25-13-17)27-23(32)33-15-16-6-2-1-3-7-16/h1-4,6-8,10,13,19-20H,5,9,11-12,14-15H2,(H,26,30)(H,27,32). The van der Waals surface area contributed by atoms with Gasteiger partial charge in [-0.15, -0.1) is 0 Å². The van der Waals surface area contributed by atoms with Crippen molar-refractivity contribution in [3.63, 3.8) is 0 Å². The summed E-state index contributed by atoms with van der Waals surface area (Å²) in [5.41, 5.74) is 1.22. The molecule has 3 rings (SSSR count). The fourth-order valence-corrected chi connectivity index (χ4v) is 3.54. The first-order chi connectivity index (χ1) is 16.0. The zero-order valence-corrected chi connectivity index (χ0v) is 17.9. The summed E-state index contributed by atoms with van der Waals surface area (Å²) in [6.07, 6.45) is 3.14. The van der Waals surface area contributed by atoms with E-state index in [1.165, 1.54) is 17.3 Å². The first kappa shape index (κ1) is 23.8. The van der Waals surface area contributed by atoms with Crippen LogP contribution < -0.4 is 10.6 Å². The Balaban J connectivity index is 1.70. The lowest BCUT2D eigenvalue weighted by Gasteiger charge is -2.28. The number of carbonyl (C=O) groups is 4. The van der Waals surface area contributed by atoms with Crippen LogP contribution in [0.25, 0.3) is 0 Å². The molecule has 174 valence electrons. The lowest BCUT2D eigenvalue weighted by Crippen LogP contribution is -2.50. The number of likely N-dealkylation sites (tertiary alicyclic amines) is 1. The quantitative estimate of drug-likeness (QED) is 0.593. The molecule has 2 atom stereocenters. The molecule has 1 fully saturated rings. The van der Waals surface area contributed by atoms with Gasteiger partial charge in [0.15, 0.2) is 5.78 Å². The van der Waals surface area contributed by atoms with E-state index >= 15 is 0 Å². The molecular weight excluding hydrogens is 431 g/mol. The van der Waals surface area contributed by atoms with Crippen molar-refractivity contribution in [2.24, 2.45) is 0 Å². The number of ether oxygens (including phenoxy) is 1. The Morgan fingerprint density at radius 2 is 1.94 bits per heavy atom. The average Bonchev–Trinajstić information content (AvgIpc) is 3.35. The Bertz CT molecular complexity index is 973. The van der Waals surface area contributed by atoms with E-state index in [9.17, 15) is 23.6 Å². The van der Waals surface area contributed by atoms with Crippen LogP contribution >= 0.6 is 0 Å². The Hall–Kier alpha value is -3.82. The molecule has 33 heavy (non-hydrogen) atoms. The van der Waals surface area contributed by atoms with Gasteiger partial charge in [0.2, 0.25) is 5.91 Å². The smallest absolute Gasteiger partial charge is 0.408 e. The number of nitrogens with one attached hydrogen (secondary N) is 2. The molecule has 1 aromatic heterocycles. The third-order valence-electron chi connectivity index (χ3n) is 5.19. The SMILES string of the molecule is O=C(CF)CNC(=O)C1CCCN1C(=O)C(NC(=O)OCc1ccccc1)c1cccnc1. The van der Waals surface area contributed by atoms with Crippen molar-refractivity contribution >= 4 is 23.7 Å². The summed E-state index contributed by atoms with van der Waals surface area (Å²) in [6, 6.07) is 10.4. The summed E-state index contributed by atoms with van der Waals surface area (Å²) in [6.45, 7) is -1.29. The number of pyridine rings is 1. The Morgan fingerprint density at radius 1 is 1.15 bits per heavy atom. The molecule has 2 N–H and O–H groups in total. The lowest BCUT2D eigenvalue weighted by molar-refractivity contribution is -0.140. The molecule has 10 heteroatoms. The van der Waals surface area contributed by atoms with E-state index in [1.807, 2.05) is 18.2 Å². The van der Waals surface area contributed by atoms with E-state index in [-0.39, 0.29) is 6.61 Å². The zero-order chi connectivity index (χ0) is 23.6. The van der Waals surface area contributed by atoms with E-state index < -0.39 is 49.0 Å². The number of nitrogens with zero attached hydrogens (tertiary/aromatic N) is 2. The van der Waals surface area contributed by atoms with Gasteiger partial charge in [-0.3, -0.25) is 19.4 Å². The number of rotatable bonds is 9. The molecule has 9 nitrogen and oxygen atoms in total. The highest BCUT2D eigenvalue weighted by atomic mass is 19.1. The van der Waals surface area contributed by atoms with E-state index in [2.05, 4.69) is 15.6 Å². The second-order valence-electron chi connectivity index (χ2n) is 7.51. The fourth-order valence-electron chi connectivity index (χ4n) is 3.54. The van der Waals surface area contributed by atoms with Gasteiger partial charge < -0.3 is 20.3 Å². The van der Waals surface area contributed by atoms with Crippen LogP contribution in [0.2, 0.25) is 0 Å². The molecule has 0 bridgehead atoms. The monoisotopic (exact) mass is 456 g/mol. The number of hydrogen-bond donors (Lipinski definition) is 2. The third kappa shape index (κ3) is 6.58. The van der Waals surface area contributed by atoms with E-state index in [0.717, 1.165) is 5.56 Å². The molecule has 3 amide bonds. The summed E-state index contributed by atoms with van der Waals surface area (Å²) in [4.78, 5) is 54.9. The number of aromatic nitrogens is 1. The number of benzene rings is 1. The van der Waals surface area contributed by atoms with Gasteiger partial charge in [0.05, 0.1) is 6.54 Å². The number of halogens is 1. The summed E-state index contributed by atoms with van der Waals surface area (Å²) in [5.74, 6) is -1.80. The van der Waals surface area contributed by atoms with Gasteiger partial charge >= 0.3 is 6.09 Å². The van der Waals surface area contributed by atoms with E-state index in [1.54, 1.807) is 24.3 Å². The number of hydrogen-bond acceptors (Lipinski definition) is 6. The number of Topliss-reactive ketones (excluding diaryl/α,β-unsaturated/α-hetero) is 1. The molecule has 1 aliphatic rings. The highest BCUT2D eigenvalue weighted by Gasteiger charge is 2.38. The number of alkyl halides is 1. The maximum absolute atomic E-state index is 13.4. The van der Waals surface area contributed by atoms with Gasteiger partial charge in [-0.1, -0.05) is 36.4 Å². The molecular formula is C23H25FN4O5. The number of ketones is 1. The Kier molecular flexibility index (Phi) is 8.45. The van der Waals surface area contributed by atoms with Crippen molar-refractivity contribution in [3.8, 4) is 0 Å². The minimum atomic E-state index is -1.17. The van der Waals surface area contributed by atoms with Crippen LogP contribution in [0.4, 0.5) is 9.18 Å². The van der Waals surface area contributed by atoms with Gasteiger partial charge in [-0.2, -0.15) is 0 Å². The van der Waals surface area contributed by atoms with Crippen molar-refractivity contribution in [2.45, 2.75) is 31.5 Å². The number of alkyl carbamates (subject to hydrolysis) is 1. The topological polar surface area (TPSA) is 118 Å². The van der Waals surface area contributed by atoms with Crippen molar-refractivity contribution in [3.05, 3.63) is 66.0 Å². The predicted octanol–water partition coefficient (Wildman–Crippen LogP) is 1.69. The van der Waals surface area contributed by atoms with Crippen LogP contribution in [0.15, 0.2) is 54.9 Å². The highest BCUT2D eigenvalue weighted by Crippen LogP contribution is 2.24. The van der Waals surface area contributed by atoms with Crippen molar-refractivity contribution < 1.29 is 28.3 Å². The lowest BCUT2D eigenvalue weighted by atomic mass is 10.1. The number of carbonyl (C=O) groups excluding carboxylic acids is 4. The summed E-state index contributed by atoms with van der Waals surface area (Å²) < 4.78 is 17.6. The molecule has 0 spiro atoms. The fraction of sp³-hybridized carbons (Fsp3) is 0.348. The molecule has 2 aromatic rings. The van der Waals surface area contributed by atoms with Gasteiger partial charge in [-0.05, 0) is 24.5 Å². The molecule has 0 saturated carbocycles. The summed E-state index contributed by atoms with van der Waals surface area (Å²) in [7, 11) is 0. The van der Waals surface area contributed by atoms with Crippen LogP contribution in [0, 0.1) is 0 Å². The molecule has 1 aromatic carbocycles. The van der Waals surface area contributed by atoms with Gasteiger partial charge in [0.25, 0.3) is 5.91 Å². The van der Waals surface area contributed by atoms with Gasteiger partial charge in [-0.25, -0.2) is 9.18 Å². The molecule has 2 heterocycles. The maximum atomic E-state index is 13.4. The minimum Gasteiger partial charge on any atom is -0.445 e. The summed E-state index contributed by atoms with van der Waals surface area (Å²) >= 11 is 0. The molecule has 0 radical (unpaired) electrons. The molecule has 1 saturated heterocycles. The maximum Gasteiger partial charge on any atom is 0.408 e. The van der Waals surface area contributed by atoms with Crippen LogP contribution in [0.5, 0.6) is 0 Å². The number of amides is 3. The Morgan fingerprint density at radius 3 is 2.64 bits per heavy atom. The molecule has 0 aliphatic carbocycles. The van der Waals surface area contributed by atoms with Crippen LogP contribution in [0.3, 0.4) is 0 Å². The first-order valence-corrected chi connectivity index (χ1v) is 10.5. The van der Waals surface area contributed by atoms with E-state index in [0.29, 0.717) is 24.9 Å². The second-order valence-corrected chi connectivity index (χ2v) is 7.51. The van der Waals surface area contributed by atoms with E-state index in [4.69, 9.17) is 4.74 Å². The van der Waals surface area contributed by atoms with Crippen molar-refractivity contribution in [1.82, 2.24) is 20.5 Å². The van der Waals surface area contributed by atoms with Crippen LogP contribution in [-0.2, 0) is 25.7 Å². The second kappa shape index (κ2) is 11.7. The van der Waals surface area contributed by atoms with Gasteiger partial charge in [0, 0.05) is 24.5 Å². The molecule has 1 aliphatic heterocycles. The minimum absolute atomic E-state index is 0.0258. The van der Waals surface area contributed by atoms with Crippen molar-refractivity contribution in [1.29, 1.82) is 0 Å². The van der Waals surface area contributed by atoms with Crippen LogP contribution in [-0.4, -0.2) is 59.4 Å². The summed E-state index contributed by atoms with van der Waals surface area (Å²) in [5, 5.41) is 4.94.